The maximum absolute atomic E-state index is 5.44. The lowest BCUT2D eigenvalue weighted by Crippen LogP contribution is -1.97. The van der Waals surface area contributed by atoms with Crippen LogP contribution in [0.3, 0.4) is 0 Å². The van der Waals surface area contributed by atoms with E-state index in [1.54, 1.807) is 0 Å². The third kappa shape index (κ3) is 13.6. The van der Waals surface area contributed by atoms with Crippen molar-refractivity contribution < 1.29 is 0 Å². The summed E-state index contributed by atoms with van der Waals surface area (Å²) in [6, 6.07) is 159. The Hall–Kier alpha value is -16.3. The van der Waals surface area contributed by atoms with Crippen LogP contribution in [-0.4, -0.2) is 29.9 Å². The van der Waals surface area contributed by atoms with Gasteiger partial charge in [-0.3, -0.25) is 0 Å². The minimum Gasteiger partial charge on any atom is -0.247 e. The lowest BCUT2D eigenvalue weighted by Gasteiger charge is -2.16. The molecule has 23 rings (SSSR count). The summed E-state index contributed by atoms with van der Waals surface area (Å²) in [6.07, 6.45) is 0. The molecule has 4 heterocycles. The topological polar surface area (TPSA) is 77.3 Å². The van der Waals surface area contributed by atoms with Crippen LogP contribution in [0.2, 0.25) is 0 Å². The van der Waals surface area contributed by atoms with E-state index in [-0.39, 0.29) is 0 Å². The van der Waals surface area contributed by atoms with Gasteiger partial charge in [0, 0.05) is 76.8 Å². The van der Waals surface area contributed by atoms with Crippen molar-refractivity contribution in [2.45, 2.75) is 0 Å². The molecule has 6 heteroatoms. The first-order valence-electron chi connectivity index (χ1n) is 41.4. The number of nitrogens with zero attached hydrogens (tertiary/aromatic N) is 6. The van der Waals surface area contributed by atoms with Crippen LogP contribution in [0, 0.1) is 0 Å². The maximum Gasteiger partial charge on any atom is 0.160 e. The van der Waals surface area contributed by atoms with E-state index >= 15 is 0 Å². The largest absolute Gasteiger partial charge is 0.247 e. The highest BCUT2D eigenvalue weighted by molar-refractivity contribution is 6.35. The van der Waals surface area contributed by atoms with Crippen molar-refractivity contribution >= 4 is 86.4 Å². The Morgan fingerprint density at radius 2 is 0.320 bits per heavy atom. The molecule has 0 amide bonds. The highest BCUT2D eigenvalue weighted by Gasteiger charge is 2.23. The van der Waals surface area contributed by atoms with Gasteiger partial charge in [-0.25, -0.2) is 29.9 Å². The molecule has 6 nitrogen and oxygen atoms in total. The predicted molar refractivity (Wildman–Crippen MR) is 510 cm³/mol. The van der Waals surface area contributed by atoms with E-state index in [2.05, 4.69) is 437 Å². The summed E-state index contributed by atoms with van der Waals surface area (Å²) in [7, 11) is 0. The molecule has 23 aromatic rings. The Morgan fingerprint density at radius 3 is 0.639 bits per heavy atom. The molecule has 0 N–H and O–H groups in total. The Morgan fingerprint density at radius 1 is 0.115 bits per heavy atom. The SMILES string of the molecule is c1ccc(-c2cccc(-c3cc(-c4cccc(-c5ccccc5)c4)nc(-c4cccc(-c5cccc(-c6nc7ccccc7c7c8ccccc8c8ccccc8c67)c5)c4)n3)c2)cc1.c1ccc(-c2cccc(-c3cc(-c4ccccc4)nc(-c4cccc(-c5cccc(-c6nc7ccccc7c7c8ccccc8c8ccccc8c67)c5)c4)n3)c2)cc1. The number of para-hydroxylation sites is 2. The normalized spacial score (nSPS) is 11.4. The molecule has 0 fully saturated rings. The smallest absolute Gasteiger partial charge is 0.160 e. The van der Waals surface area contributed by atoms with Crippen molar-refractivity contribution in [3.63, 3.8) is 0 Å². The van der Waals surface area contributed by atoms with Gasteiger partial charge < -0.3 is 0 Å². The van der Waals surface area contributed by atoms with Gasteiger partial charge in [0.25, 0.3) is 0 Å². The van der Waals surface area contributed by atoms with Gasteiger partial charge in [0.2, 0.25) is 0 Å². The van der Waals surface area contributed by atoms with Crippen molar-refractivity contribution in [3.8, 4) is 146 Å². The first-order valence-corrected chi connectivity index (χ1v) is 41.4. The molecule has 0 saturated heterocycles. The number of benzene rings is 19. The molecule has 0 atom stereocenters. The number of hydrogen-bond donors (Lipinski definition) is 0. The fourth-order valence-corrected chi connectivity index (χ4v) is 17.9. The molecule has 4 aromatic heterocycles. The highest BCUT2D eigenvalue weighted by atomic mass is 14.9. The number of rotatable bonds is 13. The molecule has 122 heavy (non-hydrogen) atoms. The summed E-state index contributed by atoms with van der Waals surface area (Å²) in [6.45, 7) is 0. The van der Waals surface area contributed by atoms with Gasteiger partial charge in [0.05, 0.1) is 45.2 Å². The Bertz CT molecular complexity index is 7910. The number of hydrogen-bond acceptors (Lipinski definition) is 6. The highest BCUT2D eigenvalue weighted by Crippen LogP contribution is 2.47. The van der Waals surface area contributed by atoms with Crippen LogP contribution in [-0.2, 0) is 0 Å². The molecule has 568 valence electrons. The van der Waals surface area contributed by atoms with Crippen LogP contribution in [0.25, 0.3) is 232 Å². The third-order valence-corrected chi connectivity index (χ3v) is 23.6. The molecule has 0 spiro atoms. The number of fused-ring (bicyclic) bond motifs is 16. The fraction of sp³-hybridized carbons (Fsp3) is 0. The lowest BCUT2D eigenvalue weighted by atomic mass is 9.89. The molecule has 0 bridgehead atoms. The van der Waals surface area contributed by atoms with E-state index in [0.717, 1.165) is 151 Å². The van der Waals surface area contributed by atoms with Crippen molar-refractivity contribution in [2.24, 2.45) is 0 Å². The molecule has 0 saturated carbocycles. The number of aromatic nitrogens is 6. The zero-order valence-corrected chi connectivity index (χ0v) is 66.4. The van der Waals surface area contributed by atoms with Crippen LogP contribution >= 0.6 is 0 Å². The quantitative estimate of drug-likeness (QED) is 0.107. The fourth-order valence-electron chi connectivity index (χ4n) is 17.9. The minimum absolute atomic E-state index is 0.668. The molecule has 19 aromatic carbocycles. The molecule has 0 radical (unpaired) electrons. The average molecular weight is 1550 g/mol. The van der Waals surface area contributed by atoms with E-state index in [4.69, 9.17) is 29.9 Å². The summed E-state index contributed by atoms with van der Waals surface area (Å²) >= 11 is 0. The van der Waals surface area contributed by atoms with Crippen LogP contribution < -0.4 is 0 Å². The Labute approximate surface area is 706 Å². The zero-order chi connectivity index (χ0) is 80.8. The minimum atomic E-state index is 0.668. The van der Waals surface area contributed by atoms with Gasteiger partial charge in [-0.1, -0.05) is 382 Å². The molecule has 0 aliphatic rings. The molecule has 0 aliphatic heterocycles. The maximum atomic E-state index is 5.44. The standard InChI is InChI=1S/C61H39N3.C55H35N3/c1-3-17-40(18-4-1)42-21-13-25-46(35-42)56-39-57(47-26-14-22-43(36-47)41-19-5-2-6-20-41)64-61(63-56)49-28-16-24-45(38-49)44-23-15-27-48(37-44)60-59-53-32-10-8-30-51(53)50-29-7-9-31-52(50)58(59)54-33-11-12-34-55(54)62-60;1-3-16-36(17-4-1)38-20-13-23-41(32-38)51-35-50(37-18-5-2-6-19-37)57-55(58-51)43-25-15-22-40(34-43)39-21-14-24-42(33-39)54-53-47-29-10-8-27-45(47)44-26-7-9-28-46(44)52(53)48-30-11-12-31-49(48)56-54/h1-39H;1-35H. The monoisotopic (exact) mass is 1550 g/mol. The summed E-state index contributed by atoms with van der Waals surface area (Å²) in [5, 5.41) is 17.0. The van der Waals surface area contributed by atoms with Crippen molar-refractivity contribution in [3.05, 3.63) is 449 Å². The van der Waals surface area contributed by atoms with E-state index in [9.17, 15) is 0 Å². The Balaban J connectivity index is 0.000000146. The summed E-state index contributed by atoms with van der Waals surface area (Å²) in [4.78, 5) is 31.9. The summed E-state index contributed by atoms with van der Waals surface area (Å²) < 4.78 is 0. The third-order valence-electron chi connectivity index (χ3n) is 23.6. The van der Waals surface area contributed by atoms with Crippen LogP contribution in [0.4, 0.5) is 0 Å². The lowest BCUT2D eigenvalue weighted by molar-refractivity contribution is 1.18. The molecular formula is C116H74N6. The van der Waals surface area contributed by atoms with Gasteiger partial charge in [0.15, 0.2) is 11.6 Å². The second-order valence-electron chi connectivity index (χ2n) is 31.1. The van der Waals surface area contributed by atoms with E-state index in [0.29, 0.717) is 11.6 Å². The van der Waals surface area contributed by atoms with Gasteiger partial charge in [0.1, 0.15) is 0 Å². The summed E-state index contributed by atoms with van der Waals surface area (Å²) in [5.41, 5.74) is 26.9. The first-order chi connectivity index (χ1) is 60.5. The first kappa shape index (κ1) is 72.2. The van der Waals surface area contributed by atoms with Gasteiger partial charge >= 0.3 is 0 Å². The van der Waals surface area contributed by atoms with Crippen LogP contribution in [0.1, 0.15) is 0 Å². The van der Waals surface area contributed by atoms with Crippen molar-refractivity contribution in [1.29, 1.82) is 0 Å². The average Bonchev–Trinajstić information content (AvgIpc) is 0.720. The zero-order valence-electron chi connectivity index (χ0n) is 66.4. The second kappa shape index (κ2) is 31.3. The molecule has 0 unspecified atom stereocenters. The Kier molecular flexibility index (Phi) is 18.5. The van der Waals surface area contributed by atoms with Gasteiger partial charge in [-0.05, 0) is 165 Å². The predicted octanol–water partition coefficient (Wildman–Crippen LogP) is 30.6. The van der Waals surface area contributed by atoms with Crippen molar-refractivity contribution in [1.82, 2.24) is 29.9 Å². The number of pyridine rings is 2. The van der Waals surface area contributed by atoms with Gasteiger partial charge in [-0.15, -0.1) is 0 Å². The van der Waals surface area contributed by atoms with Crippen LogP contribution in [0.15, 0.2) is 449 Å². The summed E-state index contributed by atoms with van der Waals surface area (Å²) in [5.74, 6) is 1.35. The van der Waals surface area contributed by atoms with E-state index in [1.165, 1.54) is 70.2 Å². The molecular weight excluding hydrogens is 1480 g/mol. The van der Waals surface area contributed by atoms with Crippen molar-refractivity contribution in [2.75, 3.05) is 0 Å². The van der Waals surface area contributed by atoms with Crippen LogP contribution in [0.5, 0.6) is 0 Å². The second-order valence-corrected chi connectivity index (χ2v) is 31.1. The molecule has 0 aliphatic carbocycles. The van der Waals surface area contributed by atoms with Gasteiger partial charge in [-0.2, -0.15) is 0 Å². The van der Waals surface area contributed by atoms with E-state index in [1.807, 2.05) is 12.1 Å². The van der Waals surface area contributed by atoms with E-state index < -0.39 is 0 Å².